The Bertz CT molecular complexity index is 489. The number of hydrogen-bond donors (Lipinski definition) is 3. The summed E-state index contributed by atoms with van der Waals surface area (Å²) in [5.74, 6) is -0.165. The van der Waals surface area contributed by atoms with E-state index in [4.69, 9.17) is 5.73 Å². The van der Waals surface area contributed by atoms with Gasteiger partial charge in [0.15, 0.2) is 0 Å². The number of pyridine rings is 1. The molecule has 1 amide bonds. The average Bonchev–Trinajstić information content (AvgIpc) is 2.59. The van der Waals surface area contributed by atoms with Gasteiger partial charge in [0.1, 0.15) is 11.3 Å². The number of anilines is 1. The van der Waals surface area contributed by atoms with Crippen LogP contribution in [0.2, 0.25) is 0 Å². The Kier molecular flexibility index (Phi) is 1.85. The number of H-pyrrole nitrogens is 1. The van der Waals surface area contributed by atoms with Crippen molar-refractivity contribution in [1.82, 2.24) is 15.3 Å². The first-order valence-corrected chi connectivity index (χ1v) is 4.17. The minimum Gasteiger partial charge on any atom is -0.397 e. The fourth-order valence-corrected chi connectivity index (χ4v) is 1.29. The number of nitrogen functional groups attached to an aromatic ring is 1. The number of fused-ring (bicyclic) bond motifs is 1. The quantitative estimate of drug-likeness (QED) is 0.612. The third kappa shape index (κ3) is 1.28. The Hall–Kier alpha value is -2.04. The summed E-state index contributed by atoms with van der Waals surface area (Å²) in [6, 6.07) is 3.49. The summed E-state index contributed by atoms with van der Waals surface area (Å²) >= 11 is 0. The van der Waals surface area contributed by atoms with Crippen molar-refractivity contribution in [3.05, 3.63) is 24.0 Å². The molecule has 2 aromatic rings. The van der Waals surface area contributed by atoms with Crippen LogP contribution in [0.15, 0.2) is 18.3 Å². The van der Waals surface area contributed by atoms with Crippen LogP contribution in [0, 0.1) is 0 Å². The third-order valence-corrected chi connectivity index (χ3v) is 1.96. The number of carbonyl (C=O) groups excluding carboxylic acids is 1. The minimum atomic E-state index is -0.165. The van der Waals surface area contributed by atoms with Crippen LogP contribution in [-0.2, 0) is 0 Å². The second-order valence-electron chi connectivity index (χ2n) is 2.97. The maximum Gasteiger partial charge on any atom is 0.267 e. The van der Waals surface area contributed by atoms with E-state index in [9.17, 15) is 4.79 Å². The van der Waals surface area contributed by atoms with E-state index in [1.165, 1.54) is 0 Å². The van der Waals surface area contributed by atoms with Gasteiger partial charge in [-0.3, -0.25) is 4.79 Å². The van der Waals surface area contributed by atoms with E-state index in [1.807, 2.05) is 0 Å². The molecule has 0 aliphatic rings. The van der Waals surface area contributed by atoms with Gasteiger partial charge < -0.3 is 16.0 Å². The number of nitrogens with one attached hydrogen (secondary N) is 2. The first-order chi connectivity index (χ1) is 6.70. The Morgan fingerprint density at radius 3 is 3.07 bits per heavy atom. The number of nitrogens with two attached hydrogens (primary N) is 1. The largest absolute Gasteiger partial charge is 0.397 e. The molecule has 5 heteroatoms. The van der Waals surface area contributed by atoms with Crippen molar-refractivity contribution in [2.24, 2.45) is 0 Å². The summed E-state index contributed by atoms with van der Waals surface area (Å²) in [5, 5.41) is 3.36. The van der Waals surface area contributed by atoms with Gasteiger partial charge in [-0.05, 0) is 12.1 Å². The predicted molar refractivity (Wildman–Crippen MR) is 53.9 cm³/mol. The van der Waals surface area contributed by atoms with Crippen LogP contribution < -0.4 is 11.1 Å². The molecule has 0 radical (unpaired) electrons. The van der Waals surface area contributed by atoms with Gasteiger partial charge in [0.25, 0.3) is 5.91 Å². The molecule has 0 saturated carbocycles. The smallest absolute Gasteiger partial charge is 0.267 e. The van der Waals surface area contributed by atoms with Crippen LogP contribution in [0.1, 0.15) is 10.5 Å². The molecule has 0 aliphatic carbocycles. The van der Waals surface area contributed by atoms with Crippen molar-refractivity contribution in [2.45, 2.75) is 0 Å². The number of nitrogens with zero attached hydrogens (tertiary/aromatic N) is 1. The van der Waals surface area contributed by atoms with Crippen molar-refractivity contribution in [1.29, 1.82) is 0 Å². The Morgan fingerprint density at radius 2 is 2.36 bits per heavy atom. The monoisotopic (exact) mass is 190 g/mol. The molecule has 0 bridgehead atoms. The highest BCUT2D eigenvalue weighted by Gasteiger charge is 2.07. The molecular weight excluding hydrogens is 180 g/mol. The van der Waals surface area contributed by atoms with E-state index in [-0.39, 0.29) is 5.91 Å². The number of amides is 1. The zero-order chi connectivity index (χ0) is 10.1. The number of aromatic amines is 1. The normalized spacial score (nSPS) is 10.4. The molecule has 0 aliphatic heterocycles. The molecule has 0 saturated heterocycles. The zero-order valence-electron chi connectivity index (χ0n) is 7.66. The van der Waals surface area contributed by atoms with Crippen molar-refractivity contribution >= 4 is 22.6 Å². The SMILES string of the molecule is CNC(=O)c1cc2cc(N)cnc2[nH]1. The van der Waals surface area contributed by atoms with Gasteiger partial charge in [0.2, 0.25) is 0 Å². The van der Waals surface area contributed by atoms with Gasteiger partial charge in [0, 0.05) is 12.4 Å². The van der Waals surface area contributed by atoms with Crippen LogP contribution in [0.25, 0.3) is 11.0 Å². The van der Waals surface area contributed by atoms with Gasteiger partial charge in [0.05, 0.1) is 11.9 Å². The molecule has 4 N–H and O–H groups in total. The molecular formula is C9H10N4O. The van der Waals surface area contributed by atoms with Gasteiger partial charge in [-0.15, -0.1) is 0 Å². The standard InChI is InChI=1S/C9H10N4O/c1-11-9(14)7-3-5-2-6(10)4-12-8(5)13-7/h2-4H,10H2,1H3,(H,11,14)(H,12,13). The molecule has 2 aromatic heterocycles. The van der Waals surface area contributed by atoms with E-state index < -0.39 is 0 Å². The lowest BCUT2D eigenvalue weighted by molar-refractivity contribution is 0.0959. The molecule has 72 valence electrons. The topological polar surface area (TPSA) is 83.8 Å². The average molecular weight is 190 g/mol. The summed E-state index contributed by atoms with van der Waals surface area (Å²) in [6.07, 6.45) is 1.55. The maximum atomic E-state index is 11.3. The lowest BCUT2D eigenvalue weighted by Crippen LogP contribution is -2.17. The van der Waals surface area contributed by atoms with Crippen LogP contribution in [0.5, 0.6) is 0 Å². The predicted octanol–water partition coefficient (Wildman–Crippen LogP) is 0.505. The minimum absolute atomic E-state index is 0.165. The second-order valence-corrected chi connectivity index (χ2v) is 2.97. The van der Waals surface area contributed by atoms with Crippen LogP contribution in [-0.4, -0.2) is 22.9 Å². The molecule has 0 atom stereocenters. The second kappa shape index (κ2) is 3.02. The lowest BCUT2D eigenvalue weighted by atomic mass is 10.3. The molecule has 5 nitrogen and oxygen atoms in total. The number of carbonyl (C=O) groups is 1. The summed E-state index contributed by atoms with van der Waals surface area (Å²) in [4.78, 5) is 18.2. The fraction of sp³-hybridized carbons (Fsp3) is 0.111. The van der Waals surface area contributed by atoms with E-state index >= 15 is 0 Å². The van der Waals surface area contributed by atoms with Gasteiger partial charge in [-0.25, -0.2) is 4.98 Å². The van der Waals surface area contributed by atoms with Crippen LogP contribution in [0.3, 0.4) is 0 Å². The summed E-state index contributed by atoms with van der Waals surface area (Å²) in [6.45, 7) is 0. The lowest BCUT2D eigenvalue weighted by Gasteiger charge is -1.92. The Balaban J connectivity index is 2.56. The molecule has 0 fully saturated rings. The fourth-order valence-electron chi connectivity index (χ4n) is 1.29. The molecule has 0 aromatic carbocycles. The van der Waals surface area contributed by atoms with Crippen molar-refractivity contribution in [3.8, 4) is 0 Å². The third-order valence-electron chi connectivity index (χ3n) is 1.96. The first kappa shape index (κ1) is 8.55. The molecule has 2 heterocycles. The maximum absolute atomic E-state index is 11.3. The van der Waals surface area contributed by atoms with Crippen molar-refractivity contribution in [2.75, 3.05) is 12.8 Å². The van der Waals surface area contributed by atoms with Gasteiger partial charge >= 0.3 is 0 Å². The van der Waals surface area contributed by atoms with Gasteiger partial charge in [-0.2, -0.15) is 0 Å². The van der Waals surface area contributed by atoms with Crippen LogP contribution in [0.4, 0.5) is 5.69 Å². The first-order valence-electron chi connectivity index (χ1n) is 4.17. The Labute approximate surface area is 80.3 Å². The zero-order valence-corrected chi connectivity index (χ0v) is 7.66. The molecule has 0 spiro atoms. The van der Waals surface area contributed by atoms with Gasteiger partial charge in [-0.1, -0.05) is 0 Å². The highest BCUT2D eigenvalue weighted by Crippen LogP contribution is 2.15. The molecule has 0 unspecified atom stereocenters. The Morgan fingerprint density at radius 1 is 1.57 bits per heavy atom. The summed E-state index contributed by atoms with van der Waals surface area (Å²) in [7, 11) is 1.58. The molecule has 14 heavy (non-hydrogen) atoms. The van der Waals surface area contributed by atoms with Crippen molar-refractivity contribution < 1.29 is 4.79 Å². The van der Waals surface area contributed by atoms with E-state index in [2.05, 4.69) is 15.3 Å². The van der Waals surface area contributed by atoms with E-state index in [1.54, 1.807) is 25.4 Å². The highest BCUT2D eigenvalue weighted by atomic mass is 16.1. The van der Waals surface area contributed by atoms with E-state index in [0.717, 1.165) is 5.39 Å². The number of rotatable bonds is 1. The van der Waals surface area contributed by atoms with Crippen molar-refractivity contribution in [3.63, 3.8) is 0 Å². The molecule has 2 rings (SSSR count). The number of aromatic nitrogens is 2. The van der Waals surface area contributed by atoms with Crippen LogP contribution >= 0.6 is 0 Å². The summed E-state index contributed by atoms with van der Waals surface area (Å²) < 4.78 is 0. The number of hydrogen-bond acceptors (Lipinski definition) is 3. The highest BCUT2D eigenvalue weighted by molar-refractivity contribution is 5.97. The summed E-state index contributed by atoms with van der Waals surface area (Å²) in [5.41, 5.74) is 7.30. The van der Waals surface area contributed by atoms with E-state index in [0.29, 0.717) is 17.0 Å².